The summed E-state index contributed by atoms with van der Waals surface area (Å²) in [4.78, 5) is 14.0. The van der Waals surface area contributed by atoms with Gasteiger partial charge in [-0.2, -0.15) is 11.8 Å². The van der Waals surface area contributed by atoms with Gasteiger partial charge in [0.05, 0.1) is 6.10 Å². The molecular weight excluding hydrogens is 234 g/mol. The normalized spacial score (nSPS) is 23.2. The Kier molecular flexibility index (Phi) is 6.97. The Morgan fingerprint density at radius 1 is 1.53 bits per heavy atom. The van der Waals surface area contributed by atoms with E-state index >= 15 is 0 Å². The van der Waals surface area contributed by atoms with Gasteiger partial charge in [0.1, 0.15) is 6.61 Å². The van der Waals surface area contributed by atoms with Crippen molar-refractivity contribution >= 4 is 17.7 Å². The predicted molar refractivity (Wildman–Crippen MR) is 73.4 cm³/mol. The van der Waals surface area contributed by atoms with E-state index in [1.807, 2.05) is 23.6 Å². The molecule has 1 fully saturated rings. The maximum atomic E-state index is 12.0. The van der Waals surface area contributed by atoms with Crippen LogP contribution in [0, 0.1) is 0 Å². The lowest BCUT2D eigenvalue weighted by atomic mass is 10.2. The summed E-state index contributed by atoms with van der Waals surface area (Å²) >= 11 is 1.87. The largest absolute Gasteiger partial charge is 0.369 e. The highest BCUT2D eigenvalue weighted by Gasteiger charge is 2.21. The van der Waals surface area contributed by atoms with Crippen molar-refractivity contribution in [3.63, 3.8) is 0 Å². The monoisotopic (exact) mass is 259 g/mol. The summed E-state index contributed by atoms with van der Waals surface area (Å²) in [7, 11) is 0. The summed E-state index contributed by atoms with van der Waals surface area (Å²) in [6.45, 7) is 6.13. The molecule has 100 valence electrons. The van der Waals surface area contributed by atoms with Crippen LogP contribution in [0.2, 0.25) is 0 Å². The van der Waals surface area contributed by atoms with E-state index in [4.69, 9.17) is 4.74 Å². The number of carbonyl (C=O) groups is 1. The van der Waals surface area contributed by atoms with Crippen molar-refractivity contribution in [3.05, 3.63) is 0 Å². The second kappa shape index (κ2) is 7.98. The van der Waals surface area contributed by atoms with Gasteiger partial charge < -0.3 is 9.64 Å². The van der Waals surface area contributed by atoms with E-state index in [1.165, 1.54) is 12.8 Å². The van der Waals surface area contributed by atoms with Crippen LogP contribution in [0.1, 0.15) is 39.5 Å². The summed E-state index contributed by atoms with van der Waals surface area (Å²) in [5.41, 5.74) is 0. The summed E-state index contributed by atoms with van der Waals surface area (Å²) in [6, 6.07) is 0. The van der Waals surface area contributed by atoms with E-state index in [0.29, 0.717) is 5.25 Å². The number of hydrogen-bond acceptors (Lipinski definition) is 3. The van der Waals surface area contributed by atoms with Crippen molar-refractivity contribution in [1.82, 2.24) is 4.90 Å². The van der Waals surface area contributed by atoms with Crippen molar-refractivity contribution in [3.8, 4) is 0 Å². The van der Waals surface area contributed by atoms with E-state index in [0.717, 1.165) is 25.9 Å². The third-order valence-electron chi connectivity index (χ3n) is 3.38. The van der Waals surface area contributed by atoms with Crippen LogP contribution in [0.3, 0.4) is 0 Å². The highest BCUT2D eigenvalue weighted by atomic mass is 32.2. The molecule has 0 aromatic carbocycles. The number of nitrogens with zero attached hydrogens (tertiary/aromatic N) is 1. The molecule has 1 aliphatic heterocycles. The highest BCUT2D eigenvalue weighted by molar-refractivity contribution is 7.99. The summed E-state index contributed by atoms with van der Waals surface area (Å²) in [5, 5.41) is 0.602. The third-order valence-corrected chi connectivity index (χ3v) is 4.43. The SMILES string of the molecule is CCC(C)OCC(=O)N1CCCCC(SC)C1. The summed E-state index contributed by atoms with van der Waals surface area (Å²) < 4.78 is 5.52. The van der Waals surface area contributed by atoms with Crippen molar-refractivity contribution in [2.24, 2.45) is 0 Å². The Balaban J connectivity index is 2.38. The van der Waals surface area contributed by atoms with E-state index in [1.54, 1.807) is 0 Å². The van der Waals surface area contributed by atoms with Crippen LogP contribution in [0.15, 0.2) is 0 Å². The minimum atomic E-state index is 0.159. The van der Waals surface area contributed by atoms with Gasteiger partial charge in [0.15, 0.2) is 0 Å². The second-order valence-corrected chi connectivity index (χ2v) is 5.86. The zero-order valence-electron chi connectivity index (χ0n) is 11.3. The fourth-order valence-electron chi connectivity index (χ4n) is 1.94. The summed E-state index contributed by atoms with van der Waals surface area (Å²) in [6.07, 6.45) is 6.88. The molecule has 0 saturated carbocycles. The van der Waals surface area contributed by atoms with Gasteiger partial charge in [-0.15, -0.1) is 0 Å². The Bertz CT molecular complexity index is 235. The molecule has 0 spiro atoms. The van der Waals surface area contributed by atoms with Gasteiger partial charge in [-0.3, -0.25) is 4.79 Å². The number of thioether (sulfide) groups is 1. The number of ether oxygens (including phenoxy) is 1. The molecule has 4 heteroatoms. The van der Waals surface area contributed by atoms with Crippen LogP contribution in [-0.2, 0) is 9.53 Å². The Labute approximate surface area is 109 Å². The Morgan fingerprint density at radius 2 is 2.29 bits per heavy atom. The Hall–Kier alpha value is -0.220. The lowest BCUT2D eigenvalue weighted by Gasteiger charge is -2.24. The van der Waals surface area contributed by atoms with Crippen LogP contribution in [-0.4, -0.2) is 48.1 Å². The van der Waals surface area contributed by atoms with Gasteiger partial charge in [-0.1, -0.05) is 13.3 Å². The van der Waals surface area contributed by atoms with Crippen LogP contribution in [0.5, 0.6) is 0 Å². The first-order valence-electron chi connectivity index (χ1n) is 6.59. The van der Waals surface area contributed by atoms with Crippen molar-refractivity contribution in [2.45, 2.75) is 50.9 Å². The number of carbonyl (C=O) groups excluding carboxylic acids is 1. The molecule has 2 atom stereocenters. The highest BCUT2D eigenvalue weighted by Crippen LogP contribution is 2.20. The van der Waals surface area contributed by atoms with Crippen LogP contribution < -0.4 is 0 Å². The second-order valence-electron chi connectivity index (χ2n) is 4.72. The average molecular weight is 259 g/mol. The minimum absolute atomic E-state index is 0.159. The molecular formula is C13H25NO2S. The molecule has 1 aliphatic rings. The Morgan fingerprint density at radius 3 is 2.94 bits per heavy atom. The molecule has 0 bridgehead atoms. The quantitative estimate of drug-likeness (QED) is 0.760. The molecule has 1 heterocycles. The standard InChI is InChI=1S/C13H25NO2S/c1-4-11(2)16-10-13(15)14-8-6-5-7-12(9-14)17-3/h11-12H,4-10H2,1-3H3. The average Bonchev–Trinajstić information content (AvgIpc) is 2.60. The molecule has 17 heavy (non-hydrogen) atoms. The third kappa shape index (κ3) is 5.30. The zero-order chi connectivity index (χ0) is 12.7. The van der Waals surface area contributed by atoms with Crippen LogP contribution >= 0.6 is 11.8 Å². The molecule has 0 aromatic rings. The van der Waals surface area contributed by atoms with E-state index < -0.39 is 0 Å². The van der Waals surface area contributed by atoms with Crippen molar-refractivity contribution in [1.29, 1.82) is 0 Å². The molecule has 0 aromatic heterocycles. The first kappa shape index (κ1) is 14.8. The van der Waals surface area contributed by atoms with E-state index in [9.17, 15) is 4.79 Å². The molecule has 1 amide bonds. The van der Waals surface area contributed by atoms with Crippen molar-refractivity contribution in [2.75, 3.05) is 26.0 Å². The molecule has 0 aliphatic carbocycles. The minimum Gasteiger partial charge on any atom is -0.369 e. The van der Waals surface area contributed by atoms with Gasteiger partial charge in [0.2, 0.25) is 5.91 Å². The predicted octanol–water partition coefficient (Wildman–Crippen LogP) is 2.55. The topological polar surface area (TPSA) is 29.5 Å². The number of likely N-dealkylation sites (tertiary alicyclic amines) is 1. The lowest BCUT2D eigenvalue weighted by Crippen LogP contribution is -2.38. The van der Waals surface area contributed by atoms with Gasteiger partial charge in [0, 0.05) is 18.3 Å². The van der Waals surface area contributed by atoms with Gasteiger partial charge in [-0.05, 0) is 32.4 Å². The van der Waals surface area contributed by atoms with E-state index in [-0.39, 0.29) is 18.6 Å². The smallest absolute Gasteiger partial charge is 0.248 e. The van der Waals surface area contributed by atoms with Crippen LogP contribution in [0.25, 0.3) is 0 Å². The molecule has 2 unspecified atom stereocenters. The zero-order valence-corrected chi connectivity index (χ0v) is 12.1. The number of rotatable bonds is 5. The molecule has 0 radical (unpaired) electrons. The fourth-order valence-corrected chi connectivity index (χ4v) is 2.68. The number of hydrogen-bond donors (Lipinski definition) is 0. The van der Waals surface area contributed by atoms with Gasteiger partial charge in [-0.25, -0.2) is 0 Å². The van der Waals surface area contributed by atoms with Crippen molar-refractivity contribution < 1.29 is 9.53 Å². The molecule has 0 N–H and O–H groups in total. The lowest BCUT2D eigenvalue weighted by molar-refractivity contribution is -0.137. The first-order chi connectivity index (χ1) is 8.17. The number of amides is 1. The fraction of sp³-hybridized carbons (Fsp3) is 0.923. The molecule has 1 saturated heterocycles. The maximum absolute atomic E-state index is 12.0. The van der Waals surface area contributed by atoms with Gasteiger partial charge in [0.25, 0.3) is 0 Å². The molecule has 3 nitrogen and oxygen atoms in total. The first-order valence-corrected chi connectivity index (χ1v) is 7.88. The summed E-state index contributed by atoms with van der Waals surface area (Å²) in [5.74, 6) is 0.159. The van der Waals surface area contributed by atoms with Gasteiger partial charge >= 0.3 is 0 Å². The van der Waals surface area contributed by atoms with Crippen LogP contribution in [0.4, 0.5) is 0 Å². The molecule has 1 rings (SSSR count). The maximum Gasteiger partial charge on any atom is 0.248 e. The van der Waals surface area contributed by atoms with E-state index in [2.05, 4.69) is 13.2 Å².